The lowest BCUT2D eigenvalue weighted by Gasteiger charge is -2.36. The van der Waals surface area contributed by atoms with Crippen molar-refractivity contribution in [3.05, 3.63) is 167 Å². The van der Waals surface area contributed by atoms with E-state index >= 15 is 0 Å². The molecule has 6 aromatic rings. The lowest BCUT2D eigenvalue weighted by Crippen LogP contribution is -2.34. The molecule has 5 heteroatoms. The number of fused-ring (bicyclic) bond motifs is 6. The highest BCUT2D eigenvalue weighted by Gasteiger charge is 2.36. The molecule has 0 aliphatic heterocycles. The Morgan fingerprint density at radius 1 is 0.706 bits per heavy atom. The molecular formula is C46H43NO2P2. The summed E-state index contributed by atoms with van der Waals surface area (Å²) in [7, 11) is -2.42. The second-order valence-electron chi connectivity index (χ2n) is 13.9. The van der Waals surface area contributed by atoms with Crippen LogP contribution in [-0.4, -0.2) is 5.66 Å². The number of hydrogen-bond donors (Lipinski definition) is 1. The number of benzene rings is 5. The molecule has 254 valence electrons. The Hall–Kier alpha value is -4.39. The van der Waals surface area contributed by atoms with Gasteiger partial charge in [0.25, 0.3) is 0 Å². The van der Waals surface area contributed by atoms with Crippen LogP contribution in [0.25, 0.3) is 33.4 Å². The van der Waals surface area contributed by atoms with Gasteiger partial charge < -0.3 is 8.39 Å². The summed E-state index contributed by atoms with van der Waals surface area (Å²) < 4.78 is 14.3. The molecule has 1 N–H and O–H groups in total. The Bertz CT molecular complexity index is 2360. The maximum Gasteiger partial charge on any atom is 0.307 e. The minimum atomic E-state index is -1.58. The van der Waals surface area contributed by atoms with Gasteiger partial charge in [0.1, 0.15) is 11.0 Å². The van der Waals surface area contributed by atoms with Crippen LogP contribution < -0.4 is 26.3 Å². The van der Waals surface area contributed by atoms with E-state index in [2.05, 4.69) is 157 Å². The molecule has 5 aromatic carbocycles. The van der Waals surface area contributed by atoms with E-state index in [9.17, 15) is 0 Å². The number of nitrogens with one attached hydrogen (secondary N) is 1. The van der Waals surface area contributed by atoms with Crippen molar-refractivity contribution in [1.29, 1.82) is 0 Å². The molecular weight excluding hydrogens is 660 g/mol. The fraction of sp³-hybridized carbons (Fsp3) is 0.217. The Morgan fingerprint density at radius 3 is 2.18 bits per heavy atom. The zero-order valence-corrected chi connectivity index (χ0v) is 30.6. The van der Waals surface area contributed by atoms with Crippen molar-refractivity contribution in [3.8, 4) is 0 Å². The maximum atomic E-state index is 7.18. The van der Waals surface area contributed by atoms with Crippen LogP contribution in [0.3, 0.4) is 0 Å². The van der Waals surface area contributed by atoms with Gasteiger partial charge in [0.15, 0.2) is 0 Å². The van der Waals surface area contributed by atoms with E-state index in [1.165, 1.54) is 62.4 Å². The molecule has 1 aromatic heterocycles. The van der Waals surface area contributed by atoms with Crippen LogP contribution >= 0.6 is 16.1 Å². The topological polar surface area (TPSA) is 38.3 Å². The molecule has 3 aliphatic carbocycles. The molecule has 1 saturated carbocycles. The normalized spacial score (nSPS) is 18.5. The van der Waals surface area contributed by atoms with Gasteiger partial charge >= 0.3 is 8.16 Å². The molecule has 9 rings (SSSR count). The molecule has 0 spiro atoms. The zero-order valence-electron chi connectivity index (χ0n) is 28.8. The Kier molecular flexibility index (Phi) is 9.36. The van der Waals surface area contributed by atoms with E-state index < -0.39 is 16.1 Å². The summed E-state index contributed by atoms with van der Waals surface area (Å²) in [6.07, 6.45) is 17.6. The Balaban J connectivity index is 1.30. The smallest absolute Gasteiger partial charge is 0.307 e. The van der Waals surface area contributed by atoms with E-state index in [4.69, 9.17) is 8.39 Å². The summed E-state index contributed by atoms with van der Waals surface area (Å²) in [5.74, 6) is 0.581. The third-order valence-corrected chi connectivity index (χ3v) is 14.9. The van der Waals surface area contributed by atoms with Gasteiger partial charge in [-0.15, -0.1) is 0 Å². The zero-order chi connectivity index (χ0) is 34.0. The second-order valence-corrected chi connectivity index (χ2v) is 17.4. The lowest BCUT2D eigenvalue weighted by molar-refractivity contribution is 0.497. The Labute approximate surface area is 302 Å². The van der Waals surface area contributed by atoms with Gasteiger partial charge in [-0.1, -0.05) is 152 Å². The molecule has 4 atom stereocenters. The highest BCUT2D eigenvalue weighted by Crippen LogP contribution is 2.51. The minimum absolute atomic E-state index is 0.0810. The van der Waals surface area contributed by atoms with Gasteiger partial charge in [0, 0.05) is 16.3 Å². The van der Waals surface area contributed by atoms with Crippen molar-refractivity contribution in [2.75, 3.05) is 5.09 Å². The number of hydrogen-bond acceptors (Lipinski definition) is 3. The molecule has 2 unspecified atom stereocenters. The average molecular weight is 704 g/mol. The van der Waals surface area contributed by atoms with Gasteiger partial charge in [-0.05, 0) is 97.0 Å². The summed E-state index contributed by atoms with van der Waals surface area (Å²) in [6.45, 7) is 0. The first-order chi connectivity index (χ1) is 25.3. The SMILES string of the molecule is C1=CC([C@@H]([C@@H](Np2oc3c(c4c(ccc5ccccc54)o2)=C2CCCCC2CC=3)c2ccccc2)P(c2ccccc2)c2ccccc2)=CCC1. The van der Waals surface area contributed by atoms with Crippen molar-refractivity contribution in [2.45, 2.75) is 56.6 Å². The van der Waals surface area contributed by atoms with Crippen molar-refractivity contribution in [1.82, 2.24) is 0 Å². The van der Waals surface area contributed by atoms with E-state index in [0.29, 0.717) is 5.92 Å². The fourth-order valence-electron chi connectivity index (χ4n) is 8.48. The molecule has 0 radical (unpaired) electrons. The van der Waals surface area contributed by atoms with Gasteiger partial charge in [0.05, 0.1) is 6.04 Å². The number of allylic oxidation sites excluding steroid dienone is 3. The molecule has 1 fully saturated rings. The third kappa shape index (κ3) is 6.49. The van der Waals surface area contributed by atoms with Gasteiger partial charge in [-0.2, -0.15) is 0 Å². The molecule has 1 heterocycles. The van der Waals surface area contributed by atoms with Crippen LogP contribution in [0.1, 0.15) is 56.6 Å². The first-order valence-corrected chi connectivity index (χ1v) is 21.1. The first kappa shape index (κ1) is 32.5. The molecule has 3 nitrogen and oxygen atoms in total. The van der Waals surface area contributed by atoms with Crippen LogP contribution in [0.15, 0.2) is 160 Å². The fourth-order valence-corrected chi connectivity index (χ4v) is 12.9. The number of rotatable bonds is 8. The van der Waals surface area contributed by atoms with E-state index in [1.807, 2.05) is 0 Å². The summed E-state index contributed by atoms with van der Waals surface area (Å²) in [5.41, 5.74) is 6.20. The van der Waals surface area contributed by atoms with Gasteiger partial charge in [-0.3, -0.25) is 0 Å². The molecule has 3 aliphatic rings. The van der Waals surface area contributed by atoms with Crippen molar-refractivity contribution in [3.63, 3.8) is 0 Å². The van der Waals surface area contributed by atoms with Gasteiger partial charge in [0.2, 0.25) is 0 Å². The van der Waals surface area contributed by atoms with Crippen LogP contribution in [0.5, 0.6) is 0 Å². The highest BCUT2D eigenvalue weighted by atomic mass is 31.1. The molecule has 51 heavy (non-hydrogen) atoms. The quantitative estimate of drug-likeness (QED) is 0.160. The van der Waals surface area contributed by atoms with E-state index in [1.54, 1.807) is 5.57 Å². The average Bonchev–Trinajstić information content (AvgIpc) is 3.37. The largest absolute Gasteiger partial charge is 0.408 e. The van der Waals surface area contributed by atoms with Crippen LogP contribution in [0, 0.1) is 5.92 Å². The summed E-state index contributed by atoms with van der Waals surface area (Å²) >= 11 is 0. The standard InChI is InChI=1S/C46H43NO2P2/c1-5-19-35(20-6-1)45(46(36-21-7-2-8-22-36)50(37-23-9-3-10-24-37)38-25-11-4-12-26-38)47-51-48-41-31-29-33-17-13-15-27-39(33)43(41)44-40-28-16-14-18-34(40)30-32-42(44)49-51/h1,3-7,9-13,15,17,19-27,29,31-32,34,45-47H,2,8,14,16,18,28,30H2/t34?,45-,46-,51?/m0/s1. The minimum Gasteiger partial charge on any atom is -0.408 e. The second kappa shape index (κ2) is 14.7. The molecule has 0 saturated heterocycles. The molecule has 0 amide bonds. The van der Waals surface area contributed by atoms with Crippen molar-refractivity contribution >= 4 is 60.1 Å². The van der Waals surface area contributed by atoms with Crippen molar-refractivity contribution in [2.24, 2.45) is 5.92 Å². The predicted molar refractivity (Wildman–Crippen MR) is 218 cm³/mol. The Morgan fingerprint density at radius 2 is 1.43 bits per heavy atom. The van der Waals surface area contributed by atoms with Crippen LogP contribution in [0.2, 0.25) is 0 Å². The van der Waals surface area contributed by atoms with E-state index in [-0.39, 0.29) is 11.7 Å². The maximum absolute atomic E-state index is 7.18. The summed E-state index contributed by atoms with van der Waals surface area (Å²) in [5, 5.41) is 11.8. The van der Waals surface area contributed by atoms with Crippen LogP contribution in [-0.2, 0) is 0 Å². The van der Waals surface area contributed by atoms with E-state index in [0.717, 1.165) is 36.7 Å². The predicted octanol–water partition coefficient (Wildman–Crippen LogP) is 10.9. The third-order valence-electron chi connectivity index (χ3n) is 10.8. The molecule has 0 bridgehead atoms. The van der Waals surface area contributed by atoms with Crippen molar-refractivity contribution < 1.29 is 8.39 Å². The monoisotopic (exact) mass is 703 g/mol. The first-order valence-electron chi connectivity index (χ1n) is 18.5. The summed E-state index contributed by atoms with van der Waals surface area (Å²) in [6, 6.07) is 46.3. The van der Waals surface area contributed by atoms with Crippen LogP contribution in [0.4, 0.5) is 0 Å². The summed E-state index contributed by atoms with van der Waals surface area (Å²) in [4.78, 5) is 0. The lowest BCUT2D eigenvalue weighted by atomic mass is 9.78. The van der Waals surface area contributed by atoms with Gasteiger partial charge in [-0.25, -0.2) is 5.09 Å². The highest BCUT2D eigenvalue weighted by molar-refractivity contribution is 7.74.